The van der Waals surface area contributed by atoms with Crippen LogP contribution in [-0.4, -0.2) is 119 Å². The minimum absolute atomic E-state index is 0.0360. The summed E-state index contributed by atoms with van der Waals surface area (Å²) in [7, 11) is 0. The van der Waals surface area contributed by atoms with Crippen molar-refractivity contribution >= 4 is 39.5 Å². The monoisotopic (exact) mass is 748 g/mol. The summed E-state index contributed by atoms with van der Waals surface area (Å²) in [6.45, 7) is 9.68. The number of anilines is 2. The Morgan fingerprint density at radius 1 is 1.00 bits per heavy atom. The van der Waals surface area contributed by atoms with Crippen molar-refractivity contribution in [2.75, 3.05) is 81.9 Å². The molecule has 0 bridgehead atoms. The second-order valence-corrected chi connectivity index (χ2v) is 16.3. The van der Waals surface area contributed by atoms with Gasteiger partial charge >= 0.3 is 6.18 Å². The number of aromatic amines is 1. The quantitative estimate of drug-likeness (QED) is 0.164. The Hall–Kier alpha value is -4.50. The number of aliphatic hydroxyl groups excluding tert-OH is 1. The summed E-state index contributed by atoms with van der Waals surface area (Å²) in [6, 6.07) is 5.96. The fraction of sp³-hybridized carbons (Fsp3) is 0.538. The fourth-order valence-electron chi connectivity index (χ4n) is 9.45. The van der Waals surface area contributed by atoms with E-state index < -0.39 is 24.5 Å². The first-order chi connectivity index (χ1) is 25.8. The van der Waals surface area contributed by atoms with Gasteiger partial charge in [0.05, 0.1) is 18.3 Å². The van der Waals surface area contributed by atoms with E-state index in [1.54, 1.807) is 6.20 Å². The minimum Gasteiger partial charge on any atom is -0.481 e. The van der Waals surface area contributed by atoms with Crippen molar-refractivity contribution in [1.82, 2.24) is 30.0 Å². The van der Waals surface area contributed by atoms with Crippen LogP contribution in [-0.2, 0) is 4.79 Å². The molecule has 9 rings (SSSR count). The predicted molar refractivity (Wildman–Crippen MR) is 196 cm³/mol. The maximum absolute atomic E-state index is 14.1. The molecular formula is C39H44F4N8O3. The van der Waals surface area contributed by atoms with Crippen LogP contribution >= 0.6 is 0 Å². The highest BCUT2D eigenvalue weighted by molar-refractivity contribution is 6.06. The summed E-state index contributed by atoms with van der Waals surface area (Å²) in [5.41, 5.74) is 4.23. The van der Waals surface area contributed by atoms with Gasteiger partial charge in [-0.25, -0.2) is 9.37 Å². The van der Waals surface area contributed by atoms with E-state index in [0.29, 0.717) is 74.0 Å². The fourth-order valence-corrected chi connectivity index (χ4v) is 9.45. The lowest BCUT2D eigenvalue weighted by atomic mass is 9.72. The molecule has 5 aliphatic rings. The van der Waals surface area contributed by atoms with E-state index in [-0.39, 0.29) is 29.1 Å². The maximum Gasteiger partial charge on any atom is 0.422 e. The highest BCUT2D eigenvalue weighted by Gasteiger charge is 2.50. The Labute approximate surface area is 309 Å². The van der Waals surface area contributed by atoms with Gasteiger partial charge in [-0.2, -0.15) is 23.3 Å². The molecule has 54 heavy (non-hydrogen) atoms. The van der Waals surface area contributed by atoms with Crippen LogP contribution in [0.4, 0.5) is 29.3 Å². The number of β-amino-alcohol motifs (C(OH)–C–C–N with tert-alkyl or cyclic N) is 1. The predicted octanol–water partition coefficient (Wildman–Crippen LogP) is 5.72. The number of rotatable bonds is 9. The highest BCUT2D eigenvalue weighted by Crippen LogP contribution is 2.54. The molecule has 2 aromatic carbocycles. The number of carbonyl (C=O) groups is 1. The molecule has 0 radical (unpaired) electrons. The molecule has 286 valence electrons. The first kappa shape index (κ1) is 35.2. The smallest absolute Gasteiger partial charge is 0.422 e. The Bertz CT molecular complexity index is 2150. The van der Waals surface area contributed by atoms with Crippen LogP contribution in [0.25, 0.3) is 32.9 Å². The number of H-pyrrole nitrogens is 1. The van der Waals surface area contributed by atoms with Gasteiger partial charge < -0.3 is 29.4 Å². The molecule has 1 saturated carbocycles. The second-order valence-electron chi connectivity index (χ2n) is 16.3. The molecule has 0 atom stereocenters. The molecular weight excluding hydrogens is 704 g/mol. The van der Waals surface area contributed by atoms with E-state index in [2.05, 4.69) is 37.5 Å². The van der Waals surface area contributed by atoms with E-state index in [4.69, 9.17) is 14.7 Å². The molecule has 5 fully saturated rings. The molecule has 1 amide bonds. The zero-order chi connectivity index (χ0) is 37.6. The van der Waals surface area contributed by atoms with Gasteiger partial charge in [-0.1, -0.05) is 12.6 Å². The van der Waals surface area contributed by atoms with Crippen LogP contribution in [0.5, 0.6) is 5.75 Å². The van der Waals surface area contributed by atoms with E-state index in [1.165, 1.54) is 4.90 Å². The van der Waals surface area contributed by atoms with Gasteiger partial charge in [-0.15, -0.1) is 0 Å². The molecule has 0 unspecified atom stereocenters. The molecule has 6 heterocycles. The highest BCUT2D eigenvalue weighted by atomic mass is 19.4. The Morgan fingerprint density at radius 2 is 1.74 bits per heavy atom. The number of alkyl halides is 3. The molecule has 4 aromatic rings. The number of hydrogen-bond acceptors (Lipinski definition) is 9. The van der Waals surface area contributed by atoms with Crippen molar-refractivity contribution < 1.29 is 32.2 Å². The van der Waals surface area contributed by atoms with E-state index >= 15 is 0 Å². The molecule has 1 aliphatic carbocycles. The third-order valence-corrected chi connectivity index (χ3v) is 12.4. The van der Waals surface area contributed by atoms with Crippen LogP contribution < -0.4 is 14.5 Å². The summed E-state index contributed by atoms with van der Waals surface area (Å²) < 4.78 is 61.9. The number of amides is 1. The van der Waals surface area contributed by atoms with Crippen molar-refractivity contribution in [3.05, 3.63) is 47.9 Å². The standard InChI is InChI=1S/C39H44F4N8O3/c1-23-3-6-29-28(16-44-47-29)30(23)31-26(25-4-5-25)15-27-32(33(31)54-22-39(41,42)43)45-36(51-20-38(21-51)7-10-48(17-38)13-14-52)46-34(27)49-11-8-37(9-12-49)18-50(19-37)35(53)24(2)40/h3,6,15-16,25,52H,2,4-5,7-14,17-22H2,1H3,(H,44,47). The van der Waals surface area contributed by atoms with Crippen LogP contribution in [0.3, 0.4) is 0 Å². The molecule has 15 heteroatoms. The molecule has 4 saturated heterocycles. The van der Waals surface area contributed by atoms with Gasteiger partial charge in [-0.05, 0) is 80.3 Å². The number of carbonyl (C=O) groups excluding carboxylic acids is 1. The Morgan fingerprint density at radius 3 is 2.43 bits per heavy atom. The first-order valence-electron chi connectivity index (χ1n) is 18.8. The number of nitrogens with zero attached hydrogens (tertiary/aromatic N) is 7. The minimum atomic E-state index is -4.59. The number of piperidine rings is 1. The van der Waals surface area contributed by atoms with Gasteiger partial charge in [0.2, 0.25) is 5.95 Å². The summed E-state index contributed by atoms with van der Waals surface area (Å²) >= 11 is 0. The number of ether oxygens (including phenoxy) is 1. The molecule has 11 nitrogen and oxygen atoms in total. The number of benzene rings is 2. The number of aromatic nitrogens is 4. The van der Waals surface area contributed by atoms with Crippen LogP contribution in [0.2, 0.25) is 0 Å². The number of nitrogens with one attached hydrogen (secondary N) is 1. The van der Waals surface area contributed by atoms with Gasteiger partial charge in [0.25, 0.3) is 5.91 Å². The Kier molecular flexibility index (Phi) is 8.34. The first-order valence-corrected chi connectivity index (χ1v) is 18.8. The summed E-state index contributed by atoms with van der Waals surface area (Å²) in [6.07, 6.45) is 1.41. The van der Waals surface area contributed by atoms with E-state index in [1.807, 2.05) is 19.1 Å². The molecule has 2 N–H and O–H groups in total. The lowest BCUT2D eigenvalue weighted by molar-refractivity contribution is -0.153. The third-order valence-electron chi connectivity index (χ3n) is 12.4. The van der Waals surface area contributed by atoms with Gasteiger partial charge in [0, 0.05) is 79.5 Å². The van der Waals surface area contributed by atoms with E-state index in [9.17, 15) is 27.5 Å². The van der Waals surface area contributed by atoms with Crippen molar-refractivity contribution in [2.24, 2.45) is 10.8 Å². The summed E-state index contributed by atoms with van der Waals surface area (Å²) in [4.78, 5) is 30.6. The zero-order valence-electron chi connectivity index (χ0n) is 30.3. The van der Waals surface area contributed by atoms with Gasteiger partial charge in [0.1, 0.15) is 11.3 Å². The number of fused-ring (bicyclic) bond motifs is 2. The van der Waals surface area contributed by atoms with Gasteiger partial charge in [-0.3, -0.25) is 9.89 Å². The maximum atomic E-state index is 14.1. The number of halogens is 4. The van der Waals surface area contributed by atoms with Crippen molar-refractivity contribution in [2.45, 2.75) is 51.1 Å². The number of hydrogen-bond donors (Lipinski definition) is 2. The van der Waals surface area contributed by atoms with Crippen molar-refractivity contribution in [1.29, 1.82) is 0 Å². The normalized spacial score (nSPS) is 21.0. The largest absolute Gasteiger partial charge is 0.481 e. The third kappa shape index (κ3) is 6.12. The van der Waals surface area contributed by atoms with Crippen LogP contribution in [0.15, 0.2) is 36.8 Å². The molecule has 2 aromatic heterocycles. The lowest BCUT2D eigenvalue weighted by Gasteiger charge is -2.54. The summed E-state index contributed by atoms with van der Waals surface area (Å²) in [5, 5.41) is 18.3. The Balaban J connectivity index is 1.17. The van der Waals surface area contributed by atoms with Crippen molar-refractivity contribution in [3.63, 3.8) is 0 Å². The lowest BCUT2D eigenvalue weighted by Crippen LogP contribution is -2.62. The average molecular weight is 749 g/mol. The second kappa shape index (κ2) is 12.8. The number of aliphatic hydroxyl groups is 1. The molecule has 4 aliphatic heterocycles. The number of likely N-dealkylation sites (tertiary alicyclic amines) is 2. The average Bonchev–Trinajstić information content (AvgIpc) is 3.69. The molecule has 2 spiro atoms. The SMILES string of the molecule is C=C(F)C(=O)N1CC2(CCN(c3nc(N4CC5(CCN(CCO)C5)C4)nc4c(OCC(F)(F)F)c(-c5c(C)ccc6[nH]ncc56)c(C5CC5)cc34)CC2)C1. The van der Waals surface area contributed by atoms with E-state index in [0.717, 1.165) is 72.8 Å². The number of aryl methyl sites for hydroxylation is 1. The summed E-state index contributed by atoms with van der Waals surface area (Å²) in [5.74, 6) is -0.272. The topological polar surface area (TPSA) is 114 Å². The van der Waals surface area contributed by atoms with Crippen molar-refractivity contribution in [3.8, 4) is 16.9 Å². The zero-order valence-corrected chi connectivity index (χ0v) is 30.3. The van der Waals surface area contributed by atoms with Crippen LogP contribution in [0, 0.1) is 17.8 Å². The van der Waals surface area contributed by atoms with Gasteiger partial charge in [0.15, 0.2) is 18.2 Å². The van der Waals surface area contributed by atoms with Crippen LogP contribution in [0.1, 0.15) is 49.1 Å².